The number of benzene rings is 1. The van der Waals surface area contributed by atoms with E-state index >= 15 is 0 Å². The summed E-state index contributed by atoms with van der Waals surface area (Å²) in [7, 11) is 0. The largest absolute Gasteiger partial charge is 0.368 e. The van der Waals surface area contributed by atoms with Crippen LogP contribution in [0.5, 0.6) is 0 Å². The highest BCUT2D eigenvalue weighted by molar-refractivity contribution is 7.17. The summed E-state index contributed by atoms with van der Waals surface area (Å²) in [6, 6.07) is 10.2. The minimum Gasteiger partial charge on any atom is -0.368 e. The number of anilines is 2. The number of aromatic nitrogens is 3. The van der Waals surface area contributed by atoms with Gasteiger partial charge in [0.05, 0.1) is 4.92 Å². The predicted molar refractivity (Wildman–Crippen MR) is 127 cm³/mol. The molecule has 0 radical (unpaired) electrons. The van der Waals surface area contributed by atoms with Crippen LogP contribution >= 0.6 is 11.3 Å². The van der Waals surface area contributed by atoms with Crippen molar-refractivity contribution in [3.05, 3.63) is 58.4 Å². The van der Waals surface area contributed by atoms with Crippen molar-refractivity contribution in [2.45, 2.75) is 19.3 Å². The maximum atomic E-state index is 13.3. The summed E-state index contributed by atoms with van der Waals surface area (Å²) in [4.78, 5) is 30.0. The van der Waals surface area contributed by atoms with Crippen molar-refractivity contribution in [2.24, 2.45) is 0 Å². The molecule has 0 spiro atoms. The molecule has 0 atom stereocenters. The highest BCUT2D eigenvalue weighted by Crippen LogP contribution is 2.27. The van der Waals surface area contributed by atoms with Crippen LogP contribution in [0.2, 0.25) is 0 Å². The second kappa shape index (κ2) is 9.18. The maximum Gasteiger partial charge on any atom is 0.271 e. The molecule has 0 saturated carbocycles. The zero-order valence-corrected chi connectivity index (χ0v) is 19.0. The molecule has 4 heterocycles. The second-order valence-electron chi connectivity index (χ2n) is 8.23. The maximum absolute atomic E-state index is 13.3. The van der Waals surface area contributed by atoms with Gasteiger partial charge in [0.25, 0.3) is 11.6 Å². The Hall–Kier alpha value is -3.47. The van der Waals surface area contributed by atoms with Crippen molar-refractivity contribution in [2.75, 3.05) is 49.1 Å². The average Bonchev–Trinajstić information content (AvgIpc) is 3.54. The molecule has 0 aliphatic carbocycles. The average molecular weight is 468 g/mol. The number of hydrogen-bond acceptors (Lipinski definition) is 8. The summed E-state index contributed by atoms with van der Waals surface area (Å²) in [5.41, 5.74) is 1.59. The Morgan fingerprint density at radius 2 is 1.58 bits per heavy atom. The van der Waals surface area contributed by atoms with E-state index in [1.54, 1.807) is 12.1 Å². The van der Waals surface area contributed by atoms with Crippen LogP contribution in [0.4, 0.5) is 16.5 Å². The molecular weight excluding hydrogens is 442 g/mol. The zero-order chi connectivity index (χ0) is 22.8. The van der Waals surface area contributed by atoms with Gasteiger partial charge in [0, 0.05) is 63.3 Å². The van der Waals surface area contributed by atoms with Gasteiger partial charge >= 0.3 is 0 Å². The highest BCUT2D eigenvalue weighted by Gasteiger charge is 2.26. The summed E-state index contributed by atoms with van der Waals surface area (Å²) in [6.07, 6.45) is 5.47. The first-order valence-electron chi connectivity index (χ1n) is 11.1. The zero-order valence-electron chi connectivity index (χ0n) is 18.2. The summed E-state index contributed by atoms with van der Waals surface area (Å²) >= 11 is 1.52. The first kappa shape index (κ1) is 21.4. The molecule has 3 aromatic rings. The van der Waals surface area contributed by atoms with Crippen LogP contribution in [0, 0.1) is 10.1 Å². The van der Waals surface area contributed by atoms with E-state index in [2.05, 4.69) is 20.0 Å². The molecule has 2 aliphatic heterocycles. The van der Waals surface area contributed by atoms with Crippen LogP contribution in [0.3, 0.4) is 0 Å². The van der Waals surface area contributed by atoms with Crippen molar-refractivity contribution in [3.63, 3.8) is 0 Å². The predicted octanol–water partition coefficient (Wildman–Crippen LogP) is 3.19. The van der Waals surface area contributed by atoms with Gasteiger partial charge in [-0.15, -0.1) is 10.2 Å². The van der Waals surface area contributed by atoms with Crippen LogP contribution in [-0.4, -0.2) is 69.8 Å². The van der Waals surface area contributed by atoms with Crippen molar-refractivity contribution >= 4 is 33.8 Å². The van der Waals surface area contributed by atoms with E-state index in [1.807, 2.05) is 27.8 Å². The van der Waals surface area contributed by atoms with Crippen LogP contribution in [0.25, 0.3) is 5.13 Å². The van der Waals surface area contributed by atoms with Crippen LogP contribution in [-0.2, 0) is 0 Å². The number of piperazine rings is 1. The molecular formula is C22H25N7O3S. The fourth-order valence-corrected chi connectivity index (χ4v) is 5.25. The molecule has 0 N–H and O–H groups in total. The number of nitro groups is 1. The lowest BCUT2D eigenvalue weighted by atomic mass is 10.1. The van der Waals surface area contributed by atoms with Gasteiger partial charge in [0.2, 0.25) is 10.3 Å². The molecule has 2 aromatic heterocycles. The fourth-order valence-electron chi connectivity index (χ4n) is 4.36. The molecule has 1 aromatic carbocycles. The van der Waals surface area contributed by atoms with E-state index in [0.717, 1.165) is 23.9 Å². The molecule has 5 rings (SSSR count). The first-order chi connectivity index (χ1) is 16.1. The van der Waals surface area contributed by atoms with Crippen LogP contribution in [0.1, 0.15) is 29.8 Å². The van der Waals surface area contributed by atoms with E-state index < -0.39 is 4.92 Å². The fraction of sp³-hybridized carbons (Fsp3) is 0.409. The molecule has 11 heteroatoms. The molecule has 2 fully saturated rings. The van der Waals surface area contributed by atoms with E-state index in [-0.39, 0.29) is 11.6 Å². The highest BCUT2D eigenvalue weighted by atomic mass is 32.1. The summed E-state index contributed by atoms with van der Waals surface area (Å²) < 4.78 is 1.83. The number of non-ortho nitro benzene ring substituents is 1. The molecule has 33 heavy (non-hydrogen) atoms. The third-order valence-electron chi connectivity index (χ3n) is 6.20. The molecule has 172 valence electrons. The Labute approximate surface area is 195 Å². The monoisotopic (exact) mass is 467 g/mol. The van der Waals surface area contributed by atoms with E-state index in [9.17, 15) is 14.9 Å². The number of carbonyl (C=O) groups is 1. The normalized spacial score (nSPS) is 16.8. The van der Waals surface area contributed by atoms with Crippen molar-refractivity contribution in [3.8, 4) is 5.13 Å². The third-order valence-corrected chi connectivity index (χ3v) is 7.18. The number of nitro benzene ring substituents is 1. The van der Waals surface area contributed by atoms with E-state index in [4.69, 9.17) is 0 Å². The van der Waals surface area contributed by atoms with Gasteiger partial charge in [-0.05, 0) is 43.5 Å². The molecule has 0 bridgehead atoms. The lowest BCUT2D eigenvalue weighted by Crippen LogP contribution is -2.49. The molecule has 2 aliphatic rings. The van der Waals surface area contributed by atoms with Gasteiger partial charge in [-0.3, -0.25) is 19.5 Å². The minimum atomic E-state index is -0.400. The molecule has 0 unspecified atom stereocenters. The summed E-state index contributed by atoms with van der Waals surface area (Å²) in [5, 5.41) is 21.2. The van der Waals surface area contributed by atoms with Gasteiger partial charge in [-0.25, -0.2) is 0 Å². The smallest absolute Gasteiger partial charge is 0.271 e. The topological polar surface area (TPSA) is 101 Å². The van der Waals surface area contributed by atoms with Gasteiger partial charge < -0.3 is 14.7 Å². The van der Waals surface area contributed by atoms with Crippen molar-refractivity contribution in [1.29, 1.82) is 0 Å². The number of nitrogens with zero attached hydrogens (tertiary/aromatic N) is 7. The van der Waals surface area contributed by atoms with Gasteiger partial charge in [0.1, 0.15) is 5.69 Å². The van der Waals surface area contributed by atoms with Gasteiger partial charge in [-0.2, -0.15) is 0 Å². The Kier molecular flexibility index (Phi) is 5.95. The van der Waals surface area contributed by atoms with E-state index in [0.29, 0.717) is 37.0 Å². The van der Waals surface area contributed by atoms with E-state index in [1.165, 1.54) is 42.7 Å². The quantitative estimate of drug-likeness (QED) is 0.420. The molecule has 1 amide bonds. The number of hydrogen-bond donors (Lipinski definition) is 0. The number of piperidine rings is 1. The Morgan fingerprint density at radius 1 is 0.879 bits per heavy atom. The Morgan fingerprint density at radius 3 is 2.27 bits per heavy atom. The Balaban J connectivity index is 1.25. The van der Waals surface area contributed by atoms with Gasteiger partial charge in [0.15, 0.2) is 0 Å². The summed E-state index contributed by atoms with van der Waals surface area (Å²) in [5.74, 6) is -0.0296. The standard InChI is InChI=1S/C22H25N7O3S/c30-20(26-15-13-25(14-16-26)17-6-8-18(9-7-17)29(31)32)19-5-4-12-28(19)22-24-23-21(33-22)27-10-2-1-3-11-27/h4-9,12H,1-3,10-11,13-16H2. The number of amides is 1. The lowest BCUT2D eigenvalue weighted by Gasteiger charge is -2.36. The second-order valence-corrected chi connectivity index (χ2v) is 9.17. The van der Waals surface area contributed by atoms with Crippen LogP contribution < -0.4 is 9.80 Å². The summed E-state index contributed by atoms with van der Waals surface area (Å²) in [6.45, 7) is 4.51. The SMILES string of the molecule is O=C(c1cccn1-c1nnc(N2CCCCC2)s1)N1CCN(c2ccc([N+](=O)[O-])cc2)CC1. The minimum absolute atomic E-state index is 0.0296. The van der Waals surface area contributed by atoms with Crippen molar-refractivity contribution < 1.29 is 9.72 Å². The first-order valence-corrected chi connectivity index (χ1v) is 12.0. The molecule has 10 nitrogen and oxygen atoms in total. The Bertz CT molecular complexity index is 1130. The van der Waals surface area contributed by atoms with Crippen LogP contribution in [0.15, 0.2) is 42.6 Å². The van der Waals surface area contributed by atoms with Gasteiger partial charge in [-0.1, -0.05) is 11.3 Å². The third kappa shape index (κ3) is 4.40. The lowest BCUT2D eigenvalue weighted by molar-refractivity contribution is -0.384. The molecule has 2 saturated heterocycles. The number of rotatable bonds is 5. The number of carbonyl (C=O) groups excluding carboxylic acids is 1. The van der Waals surface area contributed by atoms with Crippen molar-refractivity contribution in [1.82, 2.24) is 19.7 Å².